The fourth-order valence-corrected chi connectivity index (χ4v) is 2.39. The van der Waals surface area contributed by atoms with Crippen LogP contribution in [-0.4, -0.2) is 57.4 Å². The van der Waals surface area contributed by atoms with Crippen LogP contribution in [0.5, 0.6) is 0 Å². The monoisotopic (exact) mass is 336 g/mol. The second-order valence-corrected chi connectivity index (χ2v) is 5.61. The number of thiocarbonyl (C=S) groups is 1. The number of benzene rings is 1. The first kappa shape index (κ1) is 17.7. The maximum Gasteiger partial charge on any atom is 0.187 e. The van der Waals surface area contributed by atoms with E-state index in [9.17, 15) is 0 Å². The van der Waals surface area contributed by atoms with Crippen molar-refractivity contribution in [2.24, 2.45) is 5.10 Å². The van der Waals surface area contributed by atoms with E-state index in [-0.39, 0.29) is 0 Å². The van der Waals surface area contributed by atoms with Crippen LogP contribution in [0, 0.1) is 0 Å². The lowest BCUT2D eigenvalue weighted by Gasteiger charge is -2.28. The summed E-state index contributed by atoms with van der Waals surface area (Å²) in [6.07, 6.45) is 0. The van der Waals surface area contributed by atoms with E-state index in [0.29, 0.717) is 18.3 Å². The van der Waals surface area contributed by atoms with Crippen molar-refractivity contribution in [1.82, 2.24) is 10.7 Å². The van der Waals surface area contributed by atoms with Crippen LogP contribution in [-0.2, 0) is 9.47 Å². The lowest BCUT2D eigenvalue weighted by molar-refractivity contribution is 0.122. The first-order valence-corrected chi connectivity index (χ1v) is 8.11. The minimum absolute atomic E-state index is 0.492. The SMILES string of the molecule is COCCNC(=S)N/N=C(/C)c1ccc(N2CCOCC2)cc1. The van der Waals surface area contributed by atoms with Crippen molar-refractivity contribution in [2.75, 3.05) is 51.5 Å². The van der Waals surface area contributed by atoms with Crippen molar-refractivity contribution in [3.8, 4) is 0 Å². The minimum atomic E-state index is 0.492. The molecule has 0 unspecified atom stereocenters. The van der Waals surface area contributed by atoms with E-state index in [2.05, 4.69) is 45.0 Å². The Morgan fingerprint density at radius 2 is 2.00 bits per heavy atom. The molecule has 1 heterocycles. The number of hydrogen-bond donors (Lipinski definition) is 2. The first-order chi connectivity index (χ1) is 11.2. The summed E-state index contributed by atoms with van der Waals surface area (Å²) in [6, 6.07) is 8.39. The van der Waals surface area contributed by atoms with Gasteiger partial charge in [-0.1, -0.05) is 12.1 Å². The molecule has 0 spiro atoms. The zero-order valence-corrected chi connectivity index (χ0v) is 14.5. The number of morpholine rings is 1. The molecule has 2 N–H and O–H groups in total. The van der Waals surface area contributed by atoms with E-state index in [4.69, 9.17) is 21.7 Å². The van der Waals surface area contributed by atoms with Gasteiger partial charge >= 0.3 is 0 Å². The first-order valence-electron chi connectivity index (χ1n) is 7.71. The predicted molar refractivity (Wildman–Crippen MR) is 97.3 cm³/mol. The van der Waals surface area contributed by atoms with E-state index >= 15 is 0 Å². The molecule has 1 aromatic carbocycles. The lowest BCUT2D eigenvalue weighted by atomic mass is 10.1. The van der Waals surface area contributed by atoms with Crippen LogP contribution in [0.25, 0.3) is 0 Å². The Hall–Kier alpha value is -1.70. The van der Waals surface area contributed by atoms with Crippen molar-refractivity contribution in [3.05, 3.63) is 29.8 Å². The van der Waals surface area contributed by atoms with Crippen LogP contribution in [0.4, 0.5) is 5.69 Å². The average Bonchev–Trinajstić information content (AvgIpc) is 2.61. The summed E-state index contributed by atoms with van der Waals surface area (Å²) in [6.45, 7) is 6.68. The van der Waals surface area contributed by atoms with Gasteiger partial charge < -0.3 is 19.7 Å². The maximum absolute atomic E-state index is 5.38. The Morgan fingerprint density at radius 1 is 1.30 bits per heavy atom. The number of nitrogens with zero attached hydrogens (tertiary/aromatic N) is 2. The Morgan fingerprint density at radius 3 is 2.65 bits per heavy atom. The zero-order valence-electron chi connectivity index (χ0n) is 13.7. The fraction of sp³-hybridized carbons (Fsp3) is 0.500. The number of anilines is 1. The van der Waals surface area contributed by atoms with Crippen LogP contribution in [0.2, 0.25) is 0 Å². The molecule has 1 aliphatic heterocycles. The number of hydrogen-bond acceptors (Lipinski definition) is 5. The molecule has 1 saturated heterocycles. The number of methoxy groups -OCH3 is 1. The summed E-state index contributed by atoms with van der Waals surface area (Å²) in [7, 11) is 1.65. The number of hydrazone groups is 1. The van der Waals surface area contributed by atoms with Gasteiger partial charge in [0.1, 0.15) is 0 Å². The second-order valence-electron chi connectivity index (χ2n) is 5.20. The molecular formula is C16H24N4O2S. The van der Waals surface area contributed by atoms with Gasteiger partial charge in [0.25, 0.3) is 0 Å². The second kappa shape index (κ2) is 9.44. The van der Waals surface area contributed by atoms with E-state index in [1.165, 1.54) is 5.69 Å². The Bertz CT molecular complexity index is 527. The largest absolute Gasteiger partial charge is 0.383 e. The van der Waals surface area contributed by atoms with Gasteiger partial charge in [0.2, 0.25) is 0 Å². The van der Waals surface area contributed by atoms with Crippen molar-refractivity contribution >= 4 is 28.7 Å². The lowest BCUT2D eigenvalue weighted by Crippen LogP contribution is -2.36. The van der Waals surface area contributed by atoms with Crippen LogP contribution < -0.4 is 15.6 Å². The third-order valence-corrected chi connectivity index (χ3v) is 3.81. The van der Waals surface area contributed by atoms with Gasteiger partial charge in [0.05, 0.1) is 25.5 Å². The molecular weight excluding hydrogens is 312 g/mol. The third kappa shape index (κ3) is 5.78. The fourth-order valence-electron chi connectivity index (χ4n) is 2.24. The highest BCUT2D eigenvalue weighted by atomic mass is 32.1. The molecule has 23 heavy (non-hydrogen) atoms. The number of rotatable bonds is 6. The highest BCUT2D eigenvalue weighted by Crippen LogP contribution is 2.16. The summed E-state index contributed by atoms with van der Waals surface area (Å²) in [4.78, 5) is 2.33. The molecule has 7 heteroatoms. The molecule has 1 aliphatic rings. The van der Waals surface area contributed by atoms with E-state index < -0.39 is 0 Å². The van der Waals surface area contributed by atoms with Crippen LogP contribution >= 0.6 is 12.2 Å². The van der Waals surface area contributed by atoms with E-state index in [1.807, 2.05) is 6.92 Å². The molecule has 0 bridgehead atoms. The van der Waals surface area contributed by atoms with Crippen molar-refractivity contribution in [2.45, 2.75) is 6.92 Å². The zero-order chi connectivity index (χ0) is 16.5. The minimum Gasteiger partial charge on any atom is -0.383 e. The quantitative estimate of drug-likeness (QED) is 0.354. The van der Waals surface area contributed by atoms with Gasteiger partial charge in [-0.15, -0.1) is 0 Å². The summed E-state index contributed by atoms with van der Waals surface area (Å²) in [5.74, 6) is 0. The molecule has 2 rings (SSSR count). The Balaban J connectivity index is 1.87. The molecule has 0 aromatic heterocycles. The standard InChI is InChI=1S/C16H24N4O2S/c1-13(18-19-16(23)17-7-10-21-2)14-3-5-15(6-4-14)20-8-11-22-12-9-20/h3-6H,7-12H2,1-2H3,(H2,17,19,23)/b18-13-. The summed E-state index contributed by atoms with van der Waals surface area (Å²) in [5.41, 5.74) is 6.01. The molecule has 0 amide bonds. The van der Waals surface area contributed by atoms with Crippen LogP contribution in [0.3, 0.4) is 0 Å². The molecule has 6 nitrogen and oxygen atoms in total. The van der Waals surface area contributed by atoms with Crippen molar-refractivity contribution in [3.63, 3.8) is 0 Å². The van der Waals surface area contributed by atoms with Crippen LogP contribution in [0.1, 0.15) is 12.5 Å². The smallest absolute Gasteiger partial charge is 0.187 e. The van der Waals surface area contributed by atoms with Gasteiger partial charge in [0, 0.05) is 32.4 Å². The Labute approximate surface area is 142 Å². The summed E-state index contributed by atoms with van der Waals surface area (Å²) < 4.78 is 10.3. The van der Waals surface area contributed by atoms with Gasteiger partial charge in [-0.05, 0) is 36.8 Å². The van der Waals surface area contributed by atoms with Crippen LogP contribution in [0.15, 0.2) is 29.4 Å². The van der Waals surface area contributed by atoms with Gasteiger partial charge in [-0.2, -0.15) is 5.10 Å². The Kier molecular flexibility index (Phi) is 7.25. The third-order valence-electron chi connectivity index (χ3n) is 3.58. The maximum atomic E-state index is 5.38. The molecule has 126 valence electrons. The molecule has 0 saturated carbocycles. The van der Waals surface area contributed by atoms with Gasteiger partial charge in [-0.3, -0.25) is 5.43 Å². The van der Waals surface area contributed by atoms with Crippen molar-refractivity contribution < 1.29 is 9.47 Å². The normalized spacial score (nSPS) is 15.4. The van der Waals surface area contributed by atoms with E-state index in [1.54, 1.807) is 7.11 Å². The average molecular weight is 336 g/mol. The summed E-state index contributed by atoms with van der Waals surface area (Å²) in [5, 5.41) is 7.81. The number of ether oxygens (including phenoxy) is 2. The number of nitrogens with one attached hydrogen (secondary N) is 2. The highest BCUT2D eigenvalue weighted by molar-refractivity contribution is 7.80. The molecule has 1 fully saturated rings. The van der Waals surface area contributed by atoms with Gasteiger partial charge in [0.15, 0.2) is 5.11 Å². The topological polar surface area (TPSA) is 58.1 Å². The molecule has 0 aliphatic carbocycles. The van der Waals surface area contributed by atoms with Crippen molar-refractivity contribution in [1.29, 1.82) is 0 Å². The van der Waals surface area contributed by atoms with Gasteiger partial charge in [-0.25, -0.2) is 0 Å². The molecule has 0 atom stereocenters. The van der Waals surface area contributed by atoms with E-state index in [0.717, 1.165) is 37.6 Å². The molecule has 0 radical (unpaired) electrons. The summed E-state index contributed by atoms with van der Waals surface area (Å²) >= 11 is 5.14. The molecule has 1 aromatic rings. The predicted octanol–water partition coefficient (Wildman–Crippen LogP) is 1.36. The highest BCUT2D eigenvalue weighted by Gasteiger charge is 2.11.